The first-order valence-electron chi connectivity index (χ1n) is 9.32. The average Bonchev–Trinajstić information content (AvgIpc) is 3.02. The van der Waals surface area contributed by atoms with Crippen LogP contribution in [-0.2, 0) is 11.4 Å². The normalized spacial score (nSPS) is 15.1. The molecule has 1 aliphatic rings. The largest absolute Gasteiger partial charge is 0.488 e. The maximum atomic E-state index is 12.7. The van der Waals surface area contributed by atoms with Gasteiger partial charge in [-0.15, -0.1) is 0 Å². The molecule has 0 radical (unpaired) electrons. The minimum atomic E-state index is -0.313. The summed E-state index contributed by atoms with van der Waals surface area (Å²) in [6.45, 7) is 2.52. The topological polar surface area (TPSA) is 46.6 Å². The maximum Gasteiger partial charge on any atom is 0.298 e. The number of carbonyl (C=O) groups is 2. The molecule has 6 heteroatoms. The molecule has 0 saturated carbocycles. The molecule has 0 spiro atoms. The van der Waals surface area contributed by atoms with Crippen molar-refractivity contribution in [3.8, 4) is 5.75 Å². The first-order valence-corrected chi connectivity index (χ1v) is 10.9. The van der Waals surface area contributed by atoms with Crippen LogP contribution in [0.2, 0.25) is 0 Å². The van der Waals surface area contributed by atoms with Gasteiger partial charge < -0.3 is 4.74 Å². The molecule has 3 aromatic carbocycles. The number of nitrogens with zero attached hydrogens (tertiary/aromatic N) is 1. The molecule has 0 unspecified atom stereocenters. The highest BCUT2D eigenvalue weighted by Crippen LogP contribution is 2.36. The lowest BCUT2D eigenvalue weighted by Gasteiger charge is -2.11. The molecular weight excluding hydrogens is 462 g/mol. The molecule has 150 valence electrons. The molecule has 1 aliphatic heterocycles. The van der Waals surface area contributed by atoms with Crippen molar-refractivity contribution in [3.63, 3.8) is 0 Å². The first-order chi connectivity index (χ1) is 14.5. The lowest BCUT2D eigenvalue weighted by atomic mass is 10.1. The Balaban J connectivity index is 1.49. The van der Waals surface area contributed by atoms with Crippen molar-refractivity contribution in [2.45, 2.75) is 13.5 Å². The summed E-state index contributed by atoms with van der Waals surface area (Å²) in [5.74, 6) is 0.400. The minimum Gasteiger partial charge on any atom is -0.488 e. The van der Waals surface area contributed by atoms with Crippen molar-refractivity contribution in [1.29, 1.82) is 0 Å². The summed E-state index contributed by atoms with van der Waals surface area (Å²) in [6, 6.07) is 22.7. The quantitative estimate of drug-likeness (QED) is 0.387. The smallest absolute Gasteiger partial charge is 0.298 e. The van der Waals surface area contributed by atoms with E-state index in [1.165, 1.54) is 10.5 Å². The Bertz CT molecular complexity index is 1130. The van der Waals surface area contributed by atoms with E-state index in [-0.39, 0.29) is 11.1 Å². The number of ether oxygens (including phenoxy) is 1. The van der Waals surface area contributed by atoms with E-state index < -0.39 is 0 Å². The van der Waals surface area contributed by atoms with Crippen LogP contribution in [0.4, 0.5) is 10.5 Å². The van der Waals surface area contributed by atoms with Gasteiger partial charge in [-0.2, -0.15) is 0 Å². The lowest BCUT2D eigenvalue weighted by molar-refractivity contribution is -0.113. The second-order valence-electron chi connectivity index (χ2n) is 6.82. The summed E-state index contributed by atoms with van der Waals surface area (Å²) in [5, 5.41) is -0.297. The van der Waals surface area contributed by atoms with Gasteiger partial charge in [-0.1, -0.05) is 54.1 Å². The van der Waals surface area contributed by atoms with Gasteiger partial charge in [0.05, 0.1) is 15.1 Å². The molecule has 4 rings (SSSR count). The summed E-state index contributed by atoms with van der Waals surface area (Å²) < 4.78 is 6.68. The van der Waals surface area contributed by atoms with Gasteiger partial charge in [0.2, 0.25) is 0 Å². The van der Waals surface area contributed by atoms with Gasteiger partial charge in [-0.05, 0) is 76.1 Å². The molecule has 1 heterocycles. The van der Waals surface area contributed by atoms with E-state index in [0.717, 1.165) is 27.4 Å². The number of halogens is 1. The summed E-state index contributed by atoms with van der Waals surface area (Å²) >= 11 is 4.48. The Morgan fingerprint density at radius 1 is 1.00 bits per heavy atom. The number of rotatable bonds is 5. The molecule has 0 atom stereocenters. The monoisotopic (exact) mass is 479 g/mol. The number of imide groups is 1. The molecule has 3 aromatic rings. The van der Waals surface area contributed by atoms with E-state index in [9.17, 15) is 9.59 Å². The molecule has 30 heavy (non-hydrogen) atoms. The number of para-hydroxylation sites is 1. The second-order valence-corrected chi connectivity index (χ2v) is 8.66. The molecular formula is C24H18BrNO3S. The zero-order valence-electron chi connectivity index (χ0n) is 16.2. The third-order valence-electron chi connectivity index (χ3n) is 4.58. The van der Waals surface area contributed by atoms with Crippen LogP contribution < -0.4 is 9.64 Å². The van der Waals surface area contributed by atoms with Gasteiger partial charge in [-0.25, -0.2) is 4.90 Å². The van der Waals surface area contributed by atoms with Gasteiger partial charge in [0.15, 0.2) is 0 Å². The Hall–Kier alpha value is -2.83. The Labute approximate surface area is 187 Å². The molecule has 0 bridgehead atoms. The lowest BCUT2D eigenvalue weighted by Crippen LogP contribution is -2.27. The second kappa shape index (κ2) is 8.90. The molecule has 4 nitrogen and oxygen atoms in total. The fourth-order valence-corrected chi connectivity index (χ4v) is 4.34. The highest BCUT2D eigenvalue weighted by atomic mass is 79.9. The number of amides is 2. The van der Waals surface area contributed by atoms with E-state index in [4.69, 9.17) is 4.74 Å². The number of benzene rings is 3. The van der Waals surface area contributed by atoms with Crippen LogP contribution in [0.15, 0.2) is 82.2 Å². The predicted octanol–water partition coefficient (Wildman–Crippen LogP) is 6.58. The van der Waals surface area contributed by atoms with Crippen molar-refractivity contribution in [1.82, 2.24) is 0 Å². The highest BCUT2D eigenvalue weighted by Gasteiger charge is 2.36. The van der Waals surface area contributed by atoms with Crippen LogP contribution in [0.1, 0.15) is 16.7 Å². The van der Waals surface area contributed by atoms with Gasteiger partial charge >= 0.3 is 0 Å². The first kappa shape index (κ1) is 20.4. The Morgan fingerprint density at radius 2 is 1.73 bits per heavy atom. The number of hydrogen-bond donors (Lipinski definition) is 0. The number of aryl methyl sites for hydroxylation is 1. The Kier molecular flexibility index (Phi) is 6.06. The summed E-state index contributed by atoms with van der Waals surface area (Å²) in [4.78, 5) is 26.7. The van der Waals surface area contributed by atoms with E-state index in [1.807, 2.05) is 36.4 Å². The van der Waals surface area contributed by atoms with Gasteiger partial charge in [0, 0.05) is 0 Å². The number of carbonyl (C=O) groups excluding carboxylic acids is 2. The highest BCUT2D eigenvalue weighted by molar-refractivity contribution is 9.10. The summed E-state index contributed by atoms with van der Waals surface area (Å²) in [7, 11) is 0. The average molecular weight is 480 g/mol. The van der Waals surface area contributed by atoms with Gasteiger partial charge in [0.1, 0.15) is 12.4 Å². The predicted molar refractivity (Wildman–Crippen MR) is 125 cm³/mol. The van der Waals surface area contributed by atoms with E-state index >= 15 is 0 Å². The zero-order chi connectivity index (χ0) is 21.1. The number of anilines is 1. The summed E-state index contributed by atoms with van der Waals surface area (Å²) in [6.07, 6.45) is 1.72. The molecule has 0 N–H and O–H groups in total. The van der Waals surface area contributed by atoms with E-state index in [0.29, 0.717) is 22.9 Å². The fraction of sp³-hybridized carbons (Fsp3) is 0.0833. The third-order valence-corrected chi connectivity index (χ3v) is 6.07. The van der Waals surface area contributed by atoms with Crippen molar-refractivity contribution in [2.75, 3.05) is 4.90 Å². The molecule has 2 amide bonds. The molecule has 1 fully saturated rings. The van der Waals surface area contributed by atoms with E-state index in [1.54, 1.807) is 30.3 Å². The van der Waals surface area contributed by atoms with Crippen LogP contribution in [-0.4, -0.2) is 11.1 Å². The number of thioether (sulfide) groups is 1. The van der Waals surface area contributed by atoms with Gasteiger partial charge in [0.25, 0.3) is 11.1 Å². The third kappa shape index (κ3) is 4.50. The standard InChI is InChI=1S/C24H18BrNO3S/c1-16-7-9-17(10-8-16)15-29-21-12-11-18(13-20(21)25)14-22-23(27)26(24(28)30-22)19-5-3-2-4-6-19/h2-14H,15H2,1H3/b22-14-. The fourth-order valence-electron chi connectivity index (χ4n) is 2.99. The molecule has 1 saturated heterocycles. The van der Waals surface area contributed by atoms with E-state index in [2.05, 4.69) is 35.0 Å². The van der Waals surface area contributed by atoms with Crippen molar-refractivity contribution in [3.05, 3.63) is 98.9 Å². The van der Waals surface area contributed by atoms with Crippen LogP contribution in [0, 0.1) is 6.92 Å². The van der Waals surface area contributed by atoms with Crippen LogP contribution in [0.3, 0.4) is 0 Å². The maximum absolute atomic E-state index is 12.7. The van der Waals surface area contributed by atoms with Crippen LogP contribution in [0.25, 0.3) is 6.08 Å². The van der Waals surface area contributed by atoms with Crippen molar-refractivity contribution < 1.29 is 14.3 Å². The van der Waals surface area contributed by atoms with Crippen molar-refractivity contribution >= 4 is 50.6 Å². The minimum absolute atomic E-state index is 0.297. The zero-order valence-corrected chi connectivity index (χ0v) is 18.6. The van der Waals surface area contributed by atoms with Crippen LogP contribution in [0.5, 0.6) is 5.75 Å². The SMILES string of the molecule is Cc1ccc(COc2ccc(/C=C3\SC(=O)N(c4ccccc4)C3=O)cc2Br)cc1. The summed E-state index contributed by atoms with van der Waals surface area (Å²) in [5.41, 5.74) is 3.68. The van der Waals surface area contributed by atoms with Crippen molar-refractivity contribution in [2.24, 2.45) is 0 Å². The number of hydrogen-bond acceptors (Lipinski definition) is 4. The van der Waals surface area contributed by atoms with Crippen LogP contribution >= 0.6 is 27.7 Å². The van der Waals surface area contributed by atoms with Gasteiger partial charge in [-0.3, -0.25) is 9.59 Å². The Morgan fingerprint density at radius 3 is 2.43 bits per heavy atom. The molecule has 0 aromatic heterocycles. The molecule has 0 aliphatic carbocycles.